The standard InChI is InChI=1S/C13H5N5O3/c14-4-9-10(5-15)18(6-16-9)13-17-8-2-1-7(12(19)20)3-11(8)21-13/h1-3,6H,(H,19,20). The highest BCUT2D eigenvalue weighted by atomic mass is 16.4. The minimum Gasteiger partial charge on any atom is -0.478 e. The summed E-state index contributed by atoms with van der Waals surface area (Å²) in [4.78, 5) is 18.8. The minimum absolute atomic E-state index is 0.00233. The van der Waals surface area contributed by atoms with Gasteiger partial charge in [0.2, 0.25) is 0 Å². The number of nitrogens with zero attached hydrogens (tertiary/aromatic N) is 5. The third-order valence-corrected chi connectivity index (χ3v) is 2.81. The molecule has 0 amide bonds. The van der Waals surface area contributed by atoms with Crippen molar-refractivity contribution >= 4 is 17.1 Å². The molecule has 0 aliphatic carbocycles. The van der Waals surface area contributed by atoms with E-state index in [0.717, 1.165) is 0 Å². The molecule has 100 valence electrons. The molecule has 8 nitrogen and oxygen atoms in total. The number of hydrogen-bond donors (Lipinski definition) is 1. The highest BCUT2D eigenvalue weighted by Crippen LogP contribution is 2.21. The molecule has 0 atom stereocenters. The summed E-state index contributed by atoms with van der Waals surface area (Å²) in [5.74, 6) is -1.08. The van der Waals surface area contributed by atoms with Crippen molar-refractivity contribution in [3.8, 4) is 18.2 Å². The number of hydrogen-bond acceptors (Lipinski definition) is 6. The lowest BCUT2D eigenvalue weighted by Crippen LogP contribution is -1.96. The number of imidazole rings is 1. The molecule has 21 heavy (non-hydrogen) atoms. The van der Waals surface area contributed by atoms with Crippen LogP contribution < -0.4 is 0 Å². The molecule has 0 fully saturated rings. The molecule has 0 unspecified atom stereocenters. The van der Waals surface area contributed by atoms with Crippen LogP contribution in [0.15, 0.2) is 28.9 Å². The van der Waals surface area contributed by atoms with Gasteiger partial charge >= 0.3 is 12.0 Å². The summed E-state index contributed by atoms with van der Waals surface area (Å²) in [7, 11) is 0. The second-order valence-corrected chi connectivity index (χ2v) is 4.02. The zero-order valence-electron chi connectivity index (χ0n) is 10.3. The molecule has 0 aliphatic rings. The van der Waals surface area contributed by atoms with Gasteiger partial charge in [0.1, 0.15) is 24.0 Å². The number of rotatable bonds is 2. The predicted molar refractivity (Wildman–Crippen MR) is 67.5 cm³/mol. The molecule has 3 rings (SSSR count). The maximum Gasteiger partial charge on any atom is 0.335 e. The number of carbonyl (C=O) groups is 1. The monoisotopic (exact) mass is 279 g/mol. The van der Waals surface area contributed by atoms with Gasteiger partial charge in [0, 0.05) is 0 Å². The van der Waals surface area contributed by atoms with Crippen LogP contribution in [0.1, 0.15) is 21.7 Å². The average molecular weight is 279 g/mol. The fourth-order valence-corrected chi connectivity index (χ4v) is 1.83. The molecule has 0 spiro atoms. The molecule has 0 radical (unpaired) electrons. The Morgan fingerprint density at radius 1 is 1.33 bits per heavy atom. The van der Waals surface area contributed by atoms with Gasteiger partial charge in [-0.3, -0.25) is 0 Å². The van der Waals surface area contributed by atoms with Crippen LogP contribution in [-0.4, -0.2) is 25.6 Å². The van der Waals surface area contributed by atoms with E-state index in [1.807, 2.05) is 6.07 Å². The van der Waals surface area contributed by atoms with Gasteiger partial charge in [-0.15, -0.1) is 0 Å². The summed E-state index contributed by atoms with van der Waals surface area (Å²) >= 11 is 0. The van der Waals surface area contributed by atoms with E-state index >= 15 is 0 Å². The van der Waals surface area contributed by atoms with Gasteiger partial charge in [-0.2, -0.15) is 15.5 Å². The van der Waals surface area contributed by atoms with Gasteiger partial charge < -0.3 is 9.52 Å². The van der Waals surface area contributed by atoms with E-state index in [-0.39, 0.29) is 28.5 Å². The minimum atomic E-state index is -1.08. The van der Waals surface area contributed by atoms with Crippen molar-refractivity contribution < 1.29 is 14.3 Å². The third-order valence-electron chi connectivity index (χ3n) is 2.81. The third kappa shape index (κ3) is 1.88. The Morgan fingerprint density at radius 3 is 2.81 bits per heavy atom. The summed E-state index contributed by atoms with van der Waals surface area (Å²) in [5.41, 5.74) is 0.731. The number of carboxylic acid groups (broad SMARTS) is 1. The lowest BCUT2D eigenvalue weighted by atomic mass is 10.2. The number of nitriles is 2. The van der Waals surface area contributed by atoms with Crippen LogP contribution in [0.25, 0.3) is 17.1 Å². The topological polar surface area (TPSA) is 129 Å². The molecule has 0 saturated carbocycles. The van der Waals surface area contributed by atoms with Gasteiger partial charge in [0.15, 0.2) is 17.0 Å². The van der Waals surface area contributed by atoms with Gasteiger partial charge in [-0.25, -0.2) is 14.3 Å². The summed E-state index contributed by atoms with van der Waals surface area (Å²) < 4.78 is 6.67. The number of aromatic nitrogens is 3. The first-order valence-electron chi connectivity index (χ1n) is 5.66. The van der Waals surface area contributed by atoms with Crippen LogP contribution in [0.2, 0.25) is 0 Å². The Morgan fingerprint density at radius 2 is 2.14 bits per heavy atom. The molecular weight excluding hydrogens is 274 g/mol. The quantitative estimate of drug-likeness (QED) is 0.751. The fourth-order valence-electron chi connectivity index (χ4n) is 1.83. The summed E-state index contributed by atoms with van der Waals surface area (Å²) in [5, 5.41) is 26.8. The van der Waals surface area contributed by atoms with Gasteiger partial charge in [0.05, 0.1) is 5.56 Å². The first kappa shape index (κ1) is 12.4. The van der Waals surface area contributed by atoms with Crippen LogP contribution >= 0.6 is 0 Å². The number of fused-ring (bicyclic) bond motifs is 1. The summed E-state index contributed by atoms with van der Waals surface area (Å²) in [6.45, 7) is 0. The number of carboxylic acids is 1. The Hall–Kier alpha value is -3.65. The Labute approximate surface area is 117 Å². The lowest BCUT2D eigenvalue weighted by molar-refractivity contribution is 0.0697. The van der Waals surface area contributed by atoms with Crippen LogP contribution in [0.4, 0.5) is 0 Å². The van der Waals surface area contributed by atoms with Crippen LogP contribution in [-0.2, 0) is 0 Å². The number of aromatic carboxylic acids is 1. The van der Waals surface area contributed by atoms with Crippen LogP contribution in [0, 0.1) is 22.7 Å². The molecular formula is C13H5N5O3. The summed E-state index contributed by atoms with van der Waals surface area (Å²) in [6.07, 6.45) is 1.25. The summed E-state index contributed by atoms with van der Waals surface area (Å²) in [6, 6.07) is 7.92. The maximum atomic E-state index is 10.9. The van der Waals surface area contributed by atoms with E-state index in [0.29, 0.717) is 5.52 Å². The Balaban J connectivity index is 2.19. The lowest BCUT2D eigenvalue weighted by Gasteiger charge is -1.94. The first-order valence-corrected chi connectivity index (χ1v) is 5.66. The Kier molecular flexibility index (Phi) is 2.64. The van der Waals surface area contributed by atoms with E-state index in [1.54, 1.807) is 6.07 Å². The molecule has 8 heteroatoms. The van der Waals surface area contributed by atoms with Crippen LogP contribution in [0.3, 0.4) is 0 Å². The van der Waals surface area contributed by atoms with Crippen molar-refractivity contribution in [1.82, 2.24) is 14.5 Å². The second-order valence-electron chi connectivity index (χ2n) is 4.02. The average Bonchev–Trinajstić information content (AvgIpc) is 3.08. The van der Waals surface area contributed by atoms with E-state index in [9.17, 15) is 4.79 Å². The van der Waals surface area contributed by atoms with Gasteiger partial charge in [0.25, 0.3) is 0 Å². The maximum absolute atomic E-state index is 10.9. The molecule has 0 aliphatic heterocycles. The first-order chi connectivity index (χ1) is 10.1. The molecule has 2 aromatic heterocycles. The van der Waals surface area contributed by atoms with Crippen molar-refractivity contribution in [2.75, 3.05) is 0 Å². The fraction of sp³-hybridized carbons (Fsp3) is 0. The SMILES string of the molecule is N#Cc1ncn(-c2nc3ccc(C(=O)O)cc3o2)c1C#N. The normalized spacial score (nSPS) is 10.2. The molecule has 2 heterocycles. The number of oxazole rings is 1. The van der Waals surface area contributed by atoms with Crippen molar-refractivity contribution in [3.05, 3.63) is 41.5 Å². The van der Waals surface area contributed by atoms with Crippen molar-refractivity contribution in [2.24, 2.45) is 0 Å². The van der Waals surface area contributed by atoms with Crippen molar-refractivity contribution in [2.45, 2.75) is 0 Å². The van der Waals surface area contributed by atoms with E-state index < -0.39 is 5.97 Å². The van der Waals surface area contributed by atoms with E-state index in [2.05, 4.69) is 9.97 Å². The largest absolute Gasteiger partial charge is 0.478 e. The Bertz CT molecular complexity index is 954. The zero-order chi connectivity index (χ0) is 15.0. The number of benzene rings is 1. The van der Waals surface area contributed by atoms with Crippen LogP contribution in [0.5, 0.6) is 0 Å². The smallest absolute Gasteiger partial charge is 0.335 e. The zero-order valence-corrected chi connectivity index (χ0v) is 10.3. The predicted octanol–water partition coefficient (Wildman–Crippen LogP) is 1.46. The van der Waals surface area contributed by atoms with Crippen molar-refractivity contribution in [3.63, 3.8) is 0 Å². The van der Waals surface area contributed by atoms with E-state index in [4.69, 9.17) is 20.0 Å². The molecule has 3 aromatic rings. The van der Waals surface area contributed by atoms with Crippen molar-refractivity contribution in [1.29, 1.82) is 10.5 Å². The molecule has 1 N–H and O–H groups in total. The highest BCUT2D eigenvalue weighted by molar-refractivity contribution is 5.91. The second kappa shape index (κ2) is 4.47. The highest BCUT2D eigenvalue weighted by Gasteiger charge is 2.17. The van der Waals surface area contributed by atoms with Gasteiger partial charge in [-0.1, -0.05) is 0 Å². The molecule has 0 bridgehead atoms. The van der Waals surface area contributed by atoms with E-state index in [1.165, 1.54) is 29.1 Å². The molecule has 0 saturated heterocycles. The molecule has 1 aromatic carbocycles. The van der Waals surface area contributed by atoms with Gasteiger partial charge in [-0.05, 0) is 18.2 Å².